The van der Waals surface area contributed by atoms with E-state index in [0.29, 0.717) is 31.4 Å². The van der Waals surface area contributed by atoms with Crippen molar-refractivity contribution in [3.05, 3.63) is 29.8 Å². The number of carboxylic acid groups (broad SMARTS) is 1. The van der Waals surface area contributed by atoms with E-state index in [1.54, 1.807) is 6.92 Å². The van der Waals surface area contributed by atoms with Crippen molar-refractivity contribution >= 4 is 70.2 Å². The summed E-state index contributed by atoms with van der Waals surface area (Å²) in [7, 11) is 0. The molecule has 3 aliphatic rings. The Hall–Kier alpha value is -4.73. The minimum absolute atomic E-state index is 0.0996. The number of carboxylic acids is 1. The second kappa shape index (κ2) is 24.0. The summed E-state index contributed by atoms with van der Waals surface area (Å²) < 4.78 is 2.78. The third kappa shape index (κ3) is 13.4. The molecule has 64 heavy (non-hydrogen) atoms. The summed E-state index contributed by atoms with van der Waals surface area (Å²) in [6.45, 7) is 1.57. The van der Waals surface area contributed by atoms with Crippen LogP contribution in [-0.4, -0.2) is 192 Å². The number of amides is 7. The molecule has 4 rings (SSSR count). The Bertz CT molecular complexity index is 1840. The smallest absolute Gasteiger partial charge is 0.328 e. The number of aromatic hydroxyl groups is 1. The quantitative estimate of drug-likeness (QED) is 0.0315. The third-order valence-corrected chi connectivity index (χ3v) is 12.5. The maximum absolute atomic E-state index is 14.5. The van der Waals surface area contributed by atoms with Crippen LogP contribution in [0.15, 0.2) is 24.3 Å². The molecule has 3 aliphatic heterocycles. The molecular formula is C40H60IN9O14. The van der Waals surface area contributed by atoms with Gasteiger partial charge in [0.1, 0.15) is 42.0 Å². The molecule has 0 saturated carbocycles. The number of nitrogens with two attached hydrogens (primary N) is 1. The molecule has 0 spiro atoms. The number of benzene rings is 1. The second-order valence-corrected chi connectivity index (χ2v) is 17.0. The van der Waals surface area contributed by atoms with E-state index in [9.17, 15) is 69.0 Å². The fourth-order valence-electron chi connectivity index (χ4n) is 8.03. The van der Waals surface area contributed by atoms with Crippen LogP contribution in [0.1, 0.15) is 64.4 Å². The van der Waals surface area contributed by atoms with Gasteiger partial charge in [0.25, 0.3) is 0 Å². The second-order valence-electron chi connectivity index (χ2n) is 16.4. The number of halogens is 1. The molecule has 7 amide bonds. The van der Waals surface area contributed by atoms with E-state index in [2.05, 4.69) is 24.8 Å². The van der Waals surface area contributed by atoms with Crippen LogP contribution >= 0.6 is 22.9 Å². The number of aliphatic carboxylic acids is 1. The van der Waals surface area contributed by atoms with Crippen LogP contribution in [0, 0.1) is 0 Å². The van der Waals surface area contributed by atoms with Crippen molar-refractivity contribution < 1.29 is 69.0 Å². The number of phenols is 1. The number of hydrogen-bond donors (Lipinski definition) is 12. The number of aliphatic hydroxyl groups is 4. The number of likely N-dealkylation sites (tertiary alicyclic amines) is 3. The highest BCUT2D eigenvalue weighted by molar-refractivity contribution is 14.1. The van der Waals surface area contributed by atoms with Crippen molar-refractivity contribution in [2.75, 3.05) is 32.8 Å². The number of carbonyl (C=O) groups excluding carboxylic acids is 7. The van der Waals surface area contributed by atoms with Crippen LogP contribution in [0.3, 0.4) is 0 Å². The van der Waals surface area contributed by atoms with Gasteiger partial charge in [-0.2, -0.15) is 0 Å². The minimum Gasteiger partial charge on any atom is -0.508 e. The van der Waals surface area contributed by atoms with Gasteiger partial charge in [0, 0.05) is 61.8 Å². The normalized spacial score (nSPS) is 23.6. The van der Waals surface area contributed by atoms with E-state index < -0.39 is 127 Å². The number of unbranched alkanes of at least 4 members (excludes halogenated alkanes) is 1. The van der Waals surface area contributed by atoms with Gasteiger partial charge in [-0.3, -0.25) is 33.6 Å². The lowest BCUT2D eigenvalue weighted by molar-refractivity contribution is -0.149. The average Bonchev–Trinajstić information content (AvgIpc) is 4.02. The first kappa shape index (κ1) is 51.9. The summed E-state index contributed by atoms with van der Waals surface area (Å²) in [4.78, 5) is 111. The molecular weight excluding hydrogens is 957 g/mol. The molecule has 3 heterocycles. The molecule has 1 aromatic rings. The number of rotatable bonds is 21. The molecule has 3 fully saturated rings. The zero-order valence-corrected chi connectivity index (χ0v) is 37.8. The number of β-amino-alcohol motifs (C(OH)–C–C–N with tert-alkyl or cyclic N) is 2. The molecule has 1 aromatic carbocycles. The molecule has 23 nitrogen and oxygen atoms in total. The molecule has 0 unspecified atom stereocenters. The monoisotopic (exact) mass is 1020 g/mol. The zero-order valence-electron chi connectivity index (χ0n) is 35.6. The van der Waals surface area contributed by atoms with Gasteiger partial charge in [0.15, 0.2) is 6.04 Å². The van der Waals surface area contributed by atoms with E-state index in [1.807, 2.05) is 22.9 Å². The van der Waals surface area contributed by atoms with Crippen LogP contribution < -0.4 is 30.5 Å². The van der Waals surface area contributed by atoms with Crippen LogP contribution in [0.4, 0.5) is 0 Å². The first-order valence-corrected chi connectivity index (χ1v) is 22.2. The van der Waals surface area contributed by atoms with Gasteiger partial charge in [-0.15, -0.1) is 0 Å². The molecule has 0 aromatic heterocycles. The number of phenolic OH excluding ortho intramolecular Hbond substituents is 1. The highest BCUT2D eigenvalue weighted by Crippen LogP contribution is 2.27. The first-order chi connectivity index (χ1) is 30.3. The van der Waals surface area contributed by atoms with Crippen LogP contribution in [0.25, 0.3) is 0 Å². The molecule has 356 valence electrons. The highest BCUT2D eigenvalue weighted by Gasteiger charge is 2.48. The van der Waals surface area contributed by atoms with Crippen molar-refractivity contribution in [2.24, 2.45) is 5.73 Å². The third-order valence-electron chi connectivity index (χ3n) is 11.5. The van der Waals surface area contributed by atoms with Crippen molar-refractivity contribution in [2.45, 2.75) is 132 Å². The molecule has 24 heteroatoms. The Kier molecular flexibility index (Phi) is 19.4. The summed E-state index contributed by atoms with van der Waals surface area (Å²) in [5.74, 6) is -7.13. The van der Waals surface area contributed by atoms with Crippen molar-refractivity contribution in [1.82, 2.24) is 39.5 Å². The van der Waals surface area contributed by atoms with E-state index >= 15 is 0 Å². The fraction of sp³-hybridized carbons (Fsp3) is 0.650. The Morgan fingerprint density at radius 1 is 0.781 bits per heavy atom. The van der Waals surface area contributed by atoms with E-state index in [-0.39, 0.29) is 50.9 Å². The SMILES string of the molecule is C[C@H](NI)C(=O)N[C@@H](CCCCN)C(=O)N1CCC[C@H]1C(=O)N[C@@H](CO)C(=O)N[C@@H](Cc1ccc(O)cc1)C(=O)N1C[C@H](O)C[C@H]1C(=O)N1C[C@H](O)C[C@H]1C(=O)N[C@H](C(=O)O)[C@@H](C)O. The molecule has 13 N–H and O–H groups in total. The lowest BCUT2D eigenvalue weighted by atomic mass is 10.0. The first-order valence-electron chi connectivity index (χ1n) is 21.2. The summed E-state index contributed by atoms with van der Waals surface area (Å²) in [5, 5.41) is 70.9. The Morgan fingerprint density at radius 3 is 1.97 bits per heavy atom. The maximum Gasteiger partial charge on any atom is 0.328 e. The van der Waals surface area contributed by atoms with Crippen LogP contribution in [0.5, 0.6) is 5.75 Å². The van der Waals surface area contributed by atoms with Gasteiger partial charge < -0.3 is 72.3 Å². The molecule has 0 aliphatic carbocycles. The fourth-order valence-corrected chi connectivity index (χ4v) is 8.31. The van der Waals surface area contributed by atoms with Crippen LogP contribution in [0.2, 0.25) is 0 Å². The average molecular weight is 1020 g/mol. The Morgan fingerprint density at radius 2 is 1.38 bits per heavy atom. The van der Waals surface area contributed by atoms with Gasteiger partial charge >= 0.3 is 5.97 Å². The summed E-state index contributed by atoms with van der Waals surface area (Å²) in [6.07, 6.45) is -2.85. The summed E-state index contributed by atoms with van der Waals surface area (Å²) in [6, 6.07) is -4.81. The van der Waals surface area contributed by atoms with Crippen molar-refractivity contribution in [1.29, 1.82) is 0 Å². The van der Waals surface area contributed by atoms with Gasteiger partial charge in [0.2, 0.25) is 41.4 Å². The van der Waals surface area contributed by atoms with Crippen molar-refractivity contribution in [3.8, 4) is 5.75 Å². The Balaban J connectivity index is 1.54. The molecule has 11 atom stereocenters. The predicted molar refractivity (Wildman–Crippen MR) is 232 cm³/mol. The van der Waals surface area contributed by atoms with E-state index in [0.717, 1.165) is 16.7 Å². The maximum atomic E-state index is 14.5. The van der Waals surface area contributed by atoms with E-state index in [4.69, 9.17) is 5.73 Å². The van der Waals surface area contributed by atoms with Gasteiger partial charge in [-0.25, -0.2) is 8.32 Å². The number of hydrogen-bond acceptors (Lipinski definition) is 15. The lowest BCUT2D eigenvalue weighted by Gasteiger charge is -2.33. The van der Waals surface area contributed by atoms with Gasteiger partial charge in [-0.05, 0) is 70.2 Å². The topological polar surface area (TPSA) is 354 Å². The Labute approximate surface area is 383 Å². The zero-order chi connectivity index (χ0) is 47.4. The number of carbonyl (C=O) groups is 8. The van der Waals surface area contributed by atoms with Gasteiger partial charge in [-0.1, -0.05) is 12.1 Å². The highest BCUT2D eigenvalue weighted by atomic mass is 127. The molecule has 3 saturated heterocycles. The summed E-state index contributed by atoms with van der Waals surface area (Å²) in [5.41, 5.74) is 6.07. The standard InChI is InChI=1S/C40H60IN9O14/c1-20(47-41)33(56)43-26(6-3-4-12-42)37(60)48-13-5-7-29(48)35(58)45-28(19-51)34(57)44-27(14-22-8-10-23(53)11-9-22)38(61)50-18-25(55)16-31(50)39(62)49-17-24(54)15-30(49)36(59)46-32(21(2)52)40(63)64/h8-11,20-21,24-32,47,51-55H,3-7,12-19,42H2,1-2H3,(H,43,56)(H,44,57)(H,45,58)(H,46,59)(H,63,64)/t20-,21+,24+,25+,26-,27-,28-,29-,30-,31-,32-/m0/s1. The number of nitrogens with one attached hydrogen (secondary N) is 5. The van der Waals surface area contributed by atoms with E-state index in [1.165, 1.54) is 29.2 Å². The minimum atomic E-state index is -1.74. The number of aliphatic hydroxyl groups excluding tert-OH is 4. The molecule has 0 radical (unpaired) electrons. The largest absolute Gasteiger partial charge is 0.508 e. The molecule has 0 bridgehead atoms. The van der Waals surface area contributed by atoms with Crippen LogP contribution in [-0.2, 0) is 44.8 Å². The van der Waals surface area contributed by atoms with Gasteiger partial charge in [0.05, 0.1) is 31.0 Å². The lowest BCUT2D eigenvalue weighted by Crippen LogP contribution is -2.60. The number of nitrogens with zero attached hydrogens (tertiary/aromatic N) is 3. The van der Waals surface area contributed by atoms with Crippen molar-refractivity contribution in [3.63, 3.8) is 0 Å². The summed E-state index contributed by atoms with van der Waals surface area (Å²) >= 11 is 1.82. The predicted octanol–water partition coefficient (Wildman–Crippen LogP) is -4.30.